The van der Waals surface area contributed by atoms with E-state index in [0.717, 1.165) is 0 Å². The molecule has 150 valence electrons. The molecule has 0 aliphatic heterocycles. The Kier molecular flexibility index (Phi) is 6.29. The number of carbonyl (C=O) groups is 2. The van der Waals surface area contributed by atoms with E-state index in [1.54, 1.807) is 31.2 Å². The topological polar surface area (TPSA) is 99.2 Å². The Morgan fingerprint density at radius 3 is 2.48 bits per heavy atom. The molecule has 7 nitrogen and oxygen atoms in total. The Balaban J connectivity index is 1.66. The van der Waals surface area contributed by atoms with E-state index in [-0.39, 0.29) is 29.8 Å². The maximum atomic E-state index is 12.4. The first-order valence-electron chi connectivity index (χ1n) is 9.45. The van der Waals surface area contributed by atoms with Crippen molar-refractivity contribution in [2.75, 3.05) is 18.9 Å². The molecule has 0 bridgehead atoms. The summed E-state index contributed by atoms with van der Waals surface area (Å²) in [6, 6.07) is 16.9. The van der Waals surface area contributed by atoms with Gasteiger partial charge in [-0.3, -0.25) is 4.79 Å². The molecule has 29 heavy (non-hydrogen) atoms. The number of ether oxygens (including phenoxy) is 1. The number of carbonyl (C=O) groups excluding carboxylic acids is 2. The van der Waals surface area contributed by atoms with Gasteiger partial charge in [-0.2, -0.15) is 5.10 Å². The Bertz CT molecular complexity index is 981. The number of rotatable bonds is 7. The first-order chi connectivity index (χ1) is 14.0. The van der Waals surface area contributed by atoms with Crippen LogP contribution in [0.4, 0.5) is 5.82 Å². The number of amides is 1. The molecule has 0 unspecified atom stereocenters. The van der Waals surface area contributed by atoms with Crippen molar-refractivity contribution in [1.82, 2.24) is 15.1 Å². The number of nitrogens with zero attached hydrogens (tertiary/aromatic N) is 2. The van der Waals surface area contributed by atoms with Crippen molar-refractivity contribution in [3.63, 3.8) is 0 Å². The van der Waals surface area contributed by atoms with Crippen LogP contribution in [0.1, 0.15) is 46.0 Å². The molecule has 0 saturated heterocycles. The maximum absolute atomic E-state index is 12.4. The SMILES string of the molecule is CCOC(=O)c1cnn(-c2ccc(C(=O)NC[C@H](C)c3ccccc3)cc2)c1N. The summed E-state index contributed by atoms with van der Waals surface area (Å²) in [5.74, 6) is -0.262. The van der Waals surface area contributed by atoms with E-state index in [1.165, 1.54) is 16.4 Å². The lowest BCUT2D eigenvalue weighted by Crippen LogP contribution is -2.27. The molecule has 3 N–H and O–H groups in total. The third-order valence-corrected chi connectivity index (χ3v) is 4.61. The van der Waals surface area contributed by atoms with Crippen LogP contribution in [0.5, 0.6) is 0 Å². The molecule has 1 amide bonds. The summed E-state index contributed by atoms with van der Waals surface area (Å²) in [5, 5.41) is 7.10. The number of anilines is 1. The second-order valence-corrected chi connectivity index (χ2v) is 6.64. The summed E-state index contributed by atoms with van der Waals surface area (Å²) >= 11 is 0. The summed E-state index contributed by atoms with van der Waals surface area (Å²) in [6.45, 7) is 4.60. The average Bonchev–Trinajstić information content (AvgIpc) is 3.14. The van der Waals surface area contributed by atoms with Gasteiger partial charge >= 0.3 is 5.97 Å². The van der Waals surface area contributed by atoms with Crippen molar-refractivity contribution in [3.05, 3.63) is 77.5 Å². The molecular weight excluding hydrogens is 368 g/mol. The Hall–Kier alpha value is -3.61. The van der Waals surface area contributed by atoms with Gasteiger partial charge in [0, 0.05) is 12.1 Å². The first-order valence-corrected chi connectivity index (χ1v) is 9.45. The normalized spacial score (nSPS) is 11.7. The molecule has 1 aromatic heterocycles. The second-order valence-electron chi connectivity index (χ2n) is 6.64. The van der Waals surface area contributed by atoms with Gasteiger partial charge in [-0.1, -0.05) is 37.3 Å². The third kappa shape index (κ3) is 4.63. The summed E-state index contributed by atoms with van der Waals surface area (Å²) in [4.78, 5) is 24.3. The summed E-state index contributed by atoms with van der Waals surface area (Å²) in [5.41, 5.74) is 8.59. The zero-order valence-corrected chi connectivity index (χ0v) is 16.5. The molecular formula is C22H24N4O3. The Morgan fingerprint density at radius 1 is 1.14 bits per heavy atom. The van der Waals surface area contributed by atoms with E-state index < -0.39 is 5.97 Å². The highest BCUT2D eigenvalue weighted by Crippen LogP contribution is 2.19. The molecule has 0 fully saturated rings. The van der Waals surface area contributed by atoms with Gasteiger partial charge in [0.15, 0.2) is 0 Å². The number of nitrogen functional groups attached to an aromatic ring is 1. The minimum Gasteiger partial charge on any atom is -0.462 e. The fourth-order valence-corrected chi connectivity index (χ4v) is 2.93. The molecule has 0 saturated carbocycles. The van der Waals surface area contributed by atoms with Gasteiger partial charge in [0.1, 0.15) is 11.4 Å². The van der Waals surface area contributed by atoms with E-state index >= 15 is 0 Å². The standard InChI is InChI=1S/C22H24N4O3/c1-3-29-22(28)19-14-25-26(20(19)23)18-11-9-17(10-12-18)21(27)24-13-15(2)16-7-5-4-6-8-16/h4-12,14-15H,3,13,23H2,1-2H3,(H,24,27)/t15-/m0/s1. The molecule has 0 radical (unpaired) electrons. The van der Waals surface area contributed by atoms with Gasteiger partial charge in [-0.25, -0.2) is 9.48 Å². The highest BCUT2D eigenvalue weighted by molar-refractivity contribution is 5.95. The van der Waals surface area contributed by atoms with E-state index in [4.69, 9.17) is 10.5 Å². The van der Waals surface area contributed by atoms with Gasteiger partial charge in [0.05, 0.1) is 18.5 Å². The smallest absolute Gasteiger partial charge is 0.343 e. The van der Waals surface area contributed by atoms with Gasteiger partial charge < -0.3 is 15.8 Å². The number of nitrogens with one attached hydrogen (secondary N) is 1. The molecule has 2 aromatic carbocycles. The van der Waals surface area contributed by atoms with Crippen molar-refractivity contribution in [3.8, 4) is 5.69 Å². The zero-order valence-electron chi connectivity index (χ0n) is 16.5. The highest BCUT2D eigenvalue weighted by atomic mass is 16.5. The van der Waals surface area contributed by atoms with Crippen LogP contribution in [0.15, 0.2) is 60.8 Å². The predicted molar refractivity (Wildman–Crippen MR) is 111 cm³/mol. The fourth-order valence-electron chi connectivity index (χ4n) is 2.93. The average molecular weight is 392 g/mol. The summed E-state index contributed by atoms with van der Waals surface area (Å²) < 4.78 is 6.40. The molecule has 3 rings (SSSR count). The number of aromatic nitrogens is 2. The van der Waals surface area contributed by atoms with Crippen LogP contribution in [0.25, 0.3) is 5.69 Å². The summed E-state index contributed by atoms with van der Waals surface area (Å²) in [6.07, 6.45) is 1.37. The number of hydrogen-bond acceptors (Lipinski definition) is 5. The fraction of sp³-hybridized carbons (Fsp3) is 0.227. The minimum absolute atomic E-state index is 0.153. The lowest BCUT2D eigenvalue weighted by molar-refractivity contribution is 0.0527. The van der Waals surface area contributed by atoms with Crippen LogP contribution in [0.3, 0.4) is 0 Å². The van der Waals surface area contributed by atoms with E-state index in [2.05, 4.69) is 17.3 Å². The molecule has 0 aliphatic carbocycles. The van der Waals surface area contributed by atoms with Crippen LogP contribution < -0.4 is 11.1 Å². The maximum Gasteiger partial charge on any atom is 0.343 e. The molecule has 3 aromatic rings. The van der Waals surface area contributed by atoms with Crippen molar-refractivity contribution in [1.29, 1.82) is 0 Å². The van der Waals surface area contributed by atoms with Crippen molar-refractivity contribution in [2.24, 2.45) is 0 Å². The van der Waals surface area contributed by atoms with Crippen LogP contribution >= 0.6 is 0 Å². The highest BCUT2D eigenvalue weighted by Gasteiger charge is 2.17. The molecule has 1 atom stereocenters. The third-order valence-electron chi connectivity index (χ3n) is 4.61. The lowest BCUT2D eigenvalue weighted by Gasteiger charge is -2.13. The summed E-state index contributed by atoms with van der Waals surface area (Å²) in [7, 11) is 0. The number of nitrogens with two attached hydrogens (primary N) is 1. The molecule has 0 aliphatic rings. The predicted octanol–water partition coefficient (Wildman–Crippen LogP) is 3.16. The van der Waals surface area contributed by atoms with Gasteiger partial charge in [-0.05, 0) is 42.7 Å². The molecule has 0 spiro atoms. The van der Waals surface area contributed by atoms with Crippen molar-refractivity contribution >= 4 is 17.7 Å². The van der Waals surface area contributed by atoms with Crippen LogP contribution in [0, 0.1) is 0 Å². The Morgan fingerprint density at radius 2 is 1.83 bits per heavy atom. The van der Waals surface area contributed by atoms with Crippen LogP contribution in [-0.2, 0) is 4.74 Å². The molecule has 1 heterocycles. The Labute approximate surface area is 169 Å². The number of esters is 1. The van der Waals surface area contributed by atoms with E-state index in [1.807, 2.05) is 30.3 Å². The number of hydrogen-bond donors (Lipinski definition) is 2. The second kappa shape index (κ2) is 9.05. The minimum atomic E-state index is -0.514. The largest absolute Gasteiger partial charge is 0.462 e. The van der Waals surface area contributed by atoms with Gasteiger partial charge in [-0.15, -0.1) is 0 Å². The van der Waals surface area contributed by atoms with Crippen molar-refractivity contribution < 1.29 is 14.3 Å². The lowest BCUT2D eigenvalue weighted by atomic mass is 10.0. The van der Waals surface area contributed by atoms with Crippen molar-refractivity contribution in [2.45, 2.75) is 19.8 Å². The zero-order chi connectivity index (χ0) is 20.8. The monoisotopic (exact) mass is 392 g/mol. The van der Waals surface area contributed by atoms with Crippen LogP contribution in [0.2, 0.25) is 0 Å². The van der Waals surface area contributed by atoms with Gasteiger partial charge in [0.25, 0.3) is 5.91 Å². The van der Waals surface area contributed by atoms with E-state index in [0.29, 0.717) is 17.8 Å². The number of benzene rings is 2. The molecule has 7 heteroatoms. The quantitative estimate of drug-likeness (QED) is 0.602. The van der Waals surface area contributed by atoms with E-state index in [9.17, 15) is 9.59 Å². The van der Waals surface area contributed by atoms with Gasteiger partial charge in [0.2, 0.25) is 0 Å². The van der Waals surface area contributed by atoms with Crippen LogP contribution in [-0.4, -0.2) is 34.8 Å². The first kappa shape index (κ1) is 20.1.